The summed E-state index contributed by atoms with van der Waals surface area (Å²) in [7, 11) is 0. The van der Waals surface area contributed by atoms with E-state index in [-0.39, 0.29) is 5.41 Å². The molecule has 25 heavy (non-hydrogen) atoms. The Morgan fingerprint density at radius 1 is 1.28 bits per heavy atom. The van der Waals surface area contributed by atoms with E-state index in [0.717, 1.165) is 69.7 Å². The first-order valence-electron chi connectivity index (χ1n) is 9.56. The summed E-state index contributed by atoms with van der Waals surface area (Å²) in [4.78, 5) is 22.3. The van der Waals surface area contributed by atoms with Crippen LogP contribution in [0, 0.1) is 12.3 Å². The zero-order valence-electron chi connectivity index (χ0n) is 15.4. The van der Waals surface area contributed by atoms with E-state index in [0.29, 0.717) is 5.91 Å². The third-order valence-corrected chi connectivity index (χ3v) is 5.80. The van der Waals surface area contributed by atoms with Gasteiger partial charge in [0.15, 0.2) is 0 Å². The fourth-order valence-corrected chi connectivity index (χ4v) is 4.55. The molecule has 2 aliphatic heterocycles. The van der Waals surface area contributed by atoms with Gasteiger partial charge < -0.3 is 9.30 Å². The molecule has 0 saturated carbocycles. The fraction of sp³-hybridized carbons (Fsp3) is 0.600. The van der Waals surface area contributed by atoms with Crippen molar-refractivity contribution >= 4 is 11.6 Å². The fourth-order valence-electron chi connectivity index (χ4n) is 4.55. The molecule has 2 aliphatic rings. The van der Waals surface area contributed by atoms with E-state index in [1.807, 2.05) is 0 Å². The molecule has 1 atom stereocenters. The van der Waals surface area contributed by atoms with Crippen molar-refractivity contribution in [1.29, 1.82) is 0 Å². The van der Waals surface area contributed by atoms with E-state index < -0.39 is 0 Å². The first-order chi connectivity index (χ1) is 12.1. The standard InChI is InChI=1S/C20H28N4O/c1-3-8-23-9-4-6-20(19(23)25)7-11-22(15-20)13-17-14-24-10-5-16(2)12-18(24)21-17/h5,10,12,14H,3-4,6-9,11,13,15H2,1-2H3/t20-/m1/s1. The average molecular weight is 340 g/mol. The number of imidazole rings is 1. The highest BCUT2D eigenvalue weighted by Crippen LogP contribution is 2.40. The van der Waals surface area contributed by atoms with Gasteiger partial charge in [-0.25, -0.2) is 4.98 Å². The lowest BCUT2D eigenvalue weighted by Crippen LogP contribution is -2.50. The lowest BCUT2D eigenvalue weighted by molar-refractivity contribution is -0.145. The Morgan fingerprint density at radius 2 is 2.16 bits per heavy atom. The van der Waals surface area contributed by atoms with Gasteiger partial charge in [-0.15, -0.1) is 0 Å². The van der Waals surface area contributed by atoms with Crippen molar-refractivity contribution in [3.63, 3.8) is 0 Å². The Balaban J connectivity index is 1.47. The van der Waals surface area contributed by atoms with Gasteiger partial charge >= 0.3 is 0 Å². The second-order valence-corrected chi connectivity index (χ2v) is 7.84. The Morgan fingerprint density at radius 3 is 3.00 bits per heavy atom. The minimum atomic E-state index is -0.136. The molecule has 2 aromatic heterocycles. The maximum atomic E-state index is 13.0. The number of aryl methyl sites for hydroxylation is 1. The number of carbonyl (C=O) groups excluding carboxylic acids is 1. The smallest absolute Gasteiger partial charge is 0.230 e. The van der Waals surface area contributed by atoms with Crippen LogP contribution >= 0.6 is 0 Å². The van der Waals surface area contributed by atoms with E-state index in [1.54, 1.807) is 0 Å². The zero-order chi connectivity index (χ0) is 17.4. The lowest BCUT2D eigenvalue weighted by atomic mass is 9.78. The topological polar surface area (TPSA) is 40.9 Å². The van der Waals surface area contributed by atoms with Gasteiger partial charge in [-0.05, 0) is 56.8 Å². The number of aromatic nitrogens is 2. The number of pyridine rings is 1. The van der Waals surface area contributed by atoms with Crippen LogP contribution in [0.2, 0.25) is 0 Å². The Bertz CT molecular complexity index is 781. The van der Waals surface area contributed by atoms with Gasteiger partial charge in [0, 0.05) is 38.6 Å². The van der Waals surface area contributed by atoms with Crippen molar-refractivity contribution in [1.82, 2.24) is 19.2 Å². The molecule has 0 bridgehead atoms. The normalized spacial score (nSPS) is 24.7. The van der Waals surface area contributed by atoms with Crippen molar-refractivity contribution in [3.05, 3.63) is 35.8 Å². The predicted octanol–water partition coefficient (Wildman–Crippen LogP) is 2.87. The first kappa shape index (κ1) is 16.6. The summed E-state index contributed by atoms with van der Waals surface area (Å²) >= 11 is 0. The van der Waals surface area contributed by atoms with Crippen LogP contribution in [0.5, 0.6) is 0 Å². The van der Waals surface area contributed by atoms with Crippen molar-refractivity contribution < 1.29 is 4.79 Å². The van der Waals surface area contributed by atoms with Crippen LogP contribution in [-0.2, 0) is 11.3 Å². The second-order valence-electron chi connectivity index (χ2n) is 7.84. The molecule has 0 N–H and O–H groups in total. The van der Waals surface area contributed by atoms with Gasteiger partial charge in [0.1, 0.15) is 5.65 Å². The molecule has 5 heteroatoms. The summed E-state index contributed by atoms with van der Waals surface area (Å²) in [6, 6.07) is 4.22. The second kappa shape index (κ2) is 6.45. The molecule has 1 spiro atoms. The minimum Gasteiger partial charge on any atom is -0.342 e. The molecule has 134 valence electrons. The highest BCUT2D eigenvalue weighted by Gasteiger charge is 2.47. The first-order valence-corrected chi connectivity index (χ1v) is 9.56. The maximum absolute atomic E-state index is 13.0. The number of amides is 1. The molecule has 2 saturated heterocycles. The van der Waals surface area contributed by atoms with Crippen molar-refractivity contribution in [3.8, 4) is 0 Å². The van der Waals surface area contributed by atoms with E-state index in [1.165, 1.54) is 5.56 Å². The molecule has 2 aromatic rings. The number of piperidine rings is 1. The minimum absolute atomic E-state index is 0.136. The maximum Gasteiger partial charge on any atom is 0.230 e. The van der Waals surface area contributed by atoms with Crippen molar-refractivity contribution in [2.24, 2.45) is 5.41 Å². The molecule has 0 unspecified atom stereocenters. The monoisotopic (exact) mass is 340 g/mol. The van der Waals surface area contributed by atoms with Crippen LogP contribution < -0.4 is 0 Å². The van der Waals surface area contributed by atoms with Crippen LogP contribution in [0.3, 0.4) is 0 Å². The number of rotatable bonds is 4. The molecule has 2 fully saturated rings. The number of carbonyl (C=O) groups is 1. The summed E-state index contributed by atoms with van der Waals surface area (Å²) in [6.45, 7) is 8.82. The molecule has 0 aliphatic carbocycles. The number of hydrogen-bond acceptors (Lipinski definition) is 3. The molecule has 5 nitrogen and oxygen atoms in total. The van der Waals surface area contributed by atoms with Crippen LogP contribution in [0.15, 0.2) is 24.5 Å². The number of hydrogen-bond donors (Lipinski definition) is 0. The highest BCUT2D eigenvalue weighted by atomic mass is 16.2. The SMILES string of the molecule is CCCN1CCC[C@]2(CCN(Cc3cn4ccc(C)cc4n3)C2)C1=O. The van der Waals surface area contributed by atoms with Gasteiger partial charge in [-0.1, -0.05) is 6.92 Å². The van der Waals surface area contributed by atoms with Crippen molar-refractivity contribution in [2.45, 2.75) is 46.1 Å². The summed E-state index contributed by atoms with van der Waals surface area (Å²) < 4.78 is 2.09. The Kier molecular flexibility index (Phi) is 4.28. The van der Waals surface area contributed by atoms with Gasteiger partial charge in [0.05, 0.1) is 11.1 Å². The summed E-state index contributed by atoms with van der Waals surface area (Å²) in [5, 5.41) is 0. The summed E-state index contributed by atoms with van der Waals surface area (Å²) in [5.74, 6) is 0.397. The Labute approximate surface area is 149 Å². The molecule has 1 amide bonds. The Hall–Kier alpha value is -1.88. The largest absolute Gasteiger partial charge is 0.342 e. The lowest BCUT2D eigenvalue weighted by Gasteiger charge is -2.39. The molecular formula is C20H28N4O. The van der Waals surface area contributed by atoms with Crippen LogP contribution in [0.25, 0.3) is 5.65 Å². The summed E-state index contributed by atoms with van der Waals surface area (Å²) in [5.41, 5.74) is 3.19. The van der Waals surface area contributed by atoms with Crippen LogP contribution in [0.4, 0.5) is 0 Å². The number of likely N-dealkylation sites (tertiary alicyclic amines) is 2. The molecular weight excluding hydrogens is 312 g/mol. The highest BCUT2D eigenvalue weighted by molar-refractivity contribution is 5.84. The summed E-state index contributed by atoms with van der Waals surface area (Å²) in [6.07, 6.45) is 8.43. The van der Waals surface area contributed by atoms with Gasteiger partial charge in [-0.2, -0.15) is 0 Å². The third-order valence-electron chi connectivity index (χ3n) is 5.80. The van der Waals surface area contributed by atoms with Crippen LogP contribution in [-0.4, -0.2) is 51.3 Å². The van der Waals surface area contributed by atoms with E-state index >= 15 is 0 Å². The zero-order valence-corrected chi connectivity index (χ0v) is 15.4. The van der Waals surface area contributed by atoms with Gasteiger partial charge in [-0.3, -0.25) is 9.69 Å². The van der Waals surface area contributed by atoms with E-state index in [4.69, 9.17) is 4.98 Å². The molecule has 4 rings (SSSR count). The number of fused-ring (bicyclic) bond motifs is 1. The number of nitrogens with zero attached hydrogens (tertiary/aromatic N) is 4. The third kappa shape index (κ3) is 3.06. The van der Waals surface area contributed by atoms with Gasteiger partial charge in [0.25, 0.3) is 0 Å². The molecule has 0 radical (unpaired) electrons. The quantitative estimate of drug-likeness (QED) is 0.859. The molecule has 4 heterocycles. The van der Waals surface area contributed by atoms with Gasteiger partial charge in [0.2, 0.25) is 5.91 Å². The predicted molar refractivity (Wildman–Crippen MR) is 98.4 cm³/mol. The van der Waals surface area contributed by atoms with Crippen LogP contribution in [0.1, 0.15) is 43.9 Å². The average Bonchev–Trinajstić information content (AvgIpc) is 3.16. The van der Waals surface area contributed by atoms with E-state index in [9.17, 15) is 4.79 Å². The van der Waals surface area contributed by atoms with Crippen molar-refractivity contribution in [2.75, 3.05) is 26.2 Å². The van der Waals surface area contributed by atoms with E-state index in [2.05, 4.69) is 52.6 Å². The molecule has 0 aromatic carbocycles.